The third kappa shape index (κ3) is 2.76. The van der Waals surface area contributed by atoms with Crippen LogP contribution in [0, 0.1) is 0 Å². The monoisotopic (exact) mass is 327 g/mol. The number of carbonyl (C=O) groups is 1. The molecule has 0 fully saturated rings. The zero-order chi connectivity index (χ0) is 13.8. The lowest BCUT2D eigenvalue weighted by molar-refractivity contribution is -0.129. The lowest BCUT2D eigenvalue weighted by Gasteiger charge is -2.05. The summed E-state index contributed by atoms with van der Waals surface area (Å²) in [7, 11) is 1.67. The van der Waals surface area contributed by atoms with Crippen LogP contribution in [-0.4, -0.2) is 36.5 Å². The second-order valence-corrected chi connectivity index (χ2v) is 4.32. The number of aryl methyl sites for hydroxylation is 1. The lowest BCUT2D eigenvalue weighted by Crippen LogP contribution is -2.02. The number of rotatable bonds is 5. The first kappa shape index (κ1) is 13.6. The normalized spacial score (nSPS) is 10.5. The van der Waals surface area contributed by atoms with E-state index in [1.807, 2.05) is 0 Å². The van der Waals surface area contributed by atoms with Gasteiger partial charge in [0.05, 0.1) is 18.5 Å². The van der Waals surface area contributed by atoms with Gasteiger partial charge in [0.1, 0.15) is 28.3 Å². The first-order valence-electron chi connectivity index (χ1n) is 5.23. The summed E-state index contributed by atoms with van der Waals surface area (Å²) in [5.41, 5.74) is 1.88. The molecule has 0 saturated carbocycles. The Morgan fingerprint density at radius 3 is 3.05 bits per heavy atom. The molecule has 9 heteroatoms. The van der Waals surface area contributed by atoms with Crippen LogP contribution in [0.2, 0.25) is 0 Å². The number of nitrogens with zero attached hydrogens (tertiary/aromatic N) is 5. The molecule has 2 aromatic heterocycles. The SMILES string of the molecule is Cn1nnc(-c2cnc(Br)c(COC=O)n2)c1CO. The van der Waals surface area contributed by atoms with Crippen molar-refractivity contribution in [3.8, 4) is 11.4 Å². The van der Waals surface area contributed by atoms with Gasteiger partial charge >= 0.3 is 0 Å². The summed E-state index contributed by atoms with van der Waals surface area (Å²) in [6, 6.07) is 0. The van der Waals surface area contributed by atoms with Crippen LogP contribution in [0.5, 0.6) is 0 Å². The highest BCUT2D eigenvalue weighted by Crippen LogP contribution is 2.21. The third-order valence-electron chi connectivity index (χ3n) is 2.42. The van der Waals surface area contributed by atoms with Gasteiger partial charge in [0, 0.05) is 7.05 Å². The van der Waals surface area contributed by atoms with E-state index in [-0.39, 0.29) is 13.2 Å². The molecule has 2 heterocycles. The molecule has 0 aliphatic rings. The number of hydrogen-bond acceptors (Lipinski definition) is 7. The van der Waals surface area contributed by atoms with Crippen molar-refractivity contribution < 1.29 is 14.6 Å². The lowest BCUT2D eigenvalue weighted by atomic mass is 10.2. The number of aliphatic hydroxyl groups is 1. The van der Waals surface area contributed by atoms with Crippen LogP contribution in [0.4, 0.5) is 0 Å². The summed E-state index contributed by atoms with van der Waals surface area (Å²) >= 11 is 3.21. The standard InChI is InChI=1S/C10H10BrN5O3/c1-16-8(3-17)9(14-15-16)6-2-12-10(11)7(13-6)4-19-5-18/h2,5,17H,3-4H2,1H3. The van der Waals surface area contributed by atoms with Gasteiger partial charge in [0.2, 0.25) is 0 Å². The smallest absolute Gasteiger partial charge is 0.293 e. The van der Waals surface area contributed by atoms with E-state index in [2.05, 4.69) is 40.9 Å². The molecular formula is C10H10BrN5O3. The van der Waals surface area contributed by atoms with Crippen molar-refractivity contribution in [3.63, 3.8) is 0 Å². The molecule has 100 valence electrons. The molecule has 19 heavy (non-hydrogen) atoms. The van der Waals surface area contributed by atoms with E-state index in [0.717, 1.165) is 0 Å². The summed E-state index contributed by atoms with van der Waals surface area (Å²) in [4.78, 5) is 18.6. The van der Waals surface area contributed by atoms with E-state index in [1.54, 1.807) is 7.05 Å². The predicted molar refractivity (Wildman–Crippen MR) is 66.5 cm³/mol. The molecule has 8 nitrogen and oxygen atoms in total. The van der Waals surface area contributed by atoms with Crippen molar-refractivity contribution in [2.75, 3.05) is 0 Å². The van der Waals surface area contributed by atoms with Gasteiger partial charge in [-0.05, 0) is 15.9 Å². The fraction of sp³-hybridized carbons (Fsp3) is 0.300. The number of halogens is 1. The van der Waals surface area contributed by atoms with Crippen molar-refractivity contribution in [1.29, 1.82) is 0 Å². The number of aromatic nitrogens is 5. The molecular weight excluding hydrogens is 318 g/mol. The van der Waals surface area contributed by atoms with E-state index in [1.165, 1.54) is 10.9 Å². The van der Waals surface area contributed by atoms with Crippen molar-refractivity contribution in [3.05, 3.63) is 22.2 Å². The Balaban J connectivity index is 2.42. The quantitative estimate of drug-likeness (QED) is 0.782. The number of ether oxygens (including phenoxy) is 1. The van der Waals surface area contributed by atoms with Crippen LogP contribution in [-0.2, 0) is 29.8 Å². The largest absolute Gasteiger partial charge is 0.461 e. The fourth-order valence-electron chi connectivity index (χ4n) is 1.48. The molecule has 0 atom stereocenters. The summed E-state index contributed by atoms with van der Waals surface area (Å²) in [6.45, 7) is 0.124. The first-order chi connectivity index (χ1) is 9.17. The van der Waals surface area contributed by atoms with Gasteiger partial charge in [-0.25, -0.2) is 14.6 Å². The summed E-state index contributed by atoms with van der Waals surface area (Å²) in [6.07, 6.45) is 1.50. The zero-order valence-corrected chi connectivity index (χ0v) is 11.5. The van der Waals surface area contributed by atoms with Crippen LogP contribution in [0.1, 0.15) is 11.4 Å². The maximum Gasteiger partial charge on any atom is 0.293 e. The fourth-order valence-corrected chi connectivity index (χ4v) is 1.79. The van der Waals surface area contributed by atoms with Crippen LogP contribution in [0.15, 0.2) is 10.8 Å². The maximum absolute atomic E-state index is 10.2. The minimum absolute atomic E-state index is 0.000353. The summed E-state index contributed by atoms with van der Waals surface area (Å²) < 4.78 is 6.59. The molecule has 2 aromatic rings. The van der Waals surface area contributed by atoms with Crippen molar-refractivity contribution in [2.45, 2.75) is 13.2 Å². The van der Waals surface area contributed by atoms with Crippen molar-refractivity contribution >= 4 is 22.4 Å². The minimum atomic E-state index is -0.212. The number of hydrogen-bond donors (Lipinski definition) is 1. The Morgan fingerprint density at radius 2 is 2.37 bits per heavy atom. The summed E-state index contributed by atoms with van der Waals surface area (Å²) in [5, 5.41) is 17.0. The van der Waals surface area contributed by atoms with E-state index >= 15 is 0 Å². The summed E-state index contributed by atoms with van der Waals surface area (Å²) in [5.74, 6) is 0. The van der Waals surface area contributed by atoms with Gasteiger partial charge in [-0.3, -0.25) is 4.79 Å². The van der Waals surface area contributed by atoms with Gasteiger partial charge in [0.15, 0.2) is 0 Å². The molecule has 0 unspecified atom stereocenters. The molecule has 0 aliphatic carbocycles. The van der Waals surface area contributed by atoms with Crippen LogP contribution < -0.4 is 0 Å². The maximum atomic E-state index is 10.2. The molecule has 0 bridgehead atoms. The number of aliphatic hydroxyl groups excluding tert-OH is 1. The highest BCUT2D eigenvalue weighted by molar-refractivity contribution is 9.10. The second-order valence-electron chi connectivity index (χ2n) is 3.57. The highest BCUT2D eigenvalue weighted by atomic mass is 79.9. The Morgan fingerprint density at radius 1 is 1.58 bits per heavy atom. The highest BCUT2D eigenvalue weighted by Gasteiger charge is 2.15. The Hall–Kier alpha value is -1.87. The molecule has 0 saturated heterocycles. The Kier molecular flexibility index (Phi) is 4.17. The van der Waals surface area contributed by atoms with Gasteiger partial charge in [-0.2, -0.15) is 0 Å². The van der Waals surface area contributed by atoms with Crippen LogP contribution in [0.25, 0.3) is 11.4 Å². The number of carbonyl (C=O) groups excluding carboxylic acids is 1. The van der Waals surface area contributed by atoms with Crippen LogP contribution >= 0.6 is 15.9 Å². The Bertz CT molecular complexity index is 601. The van der Waals surface area contributed by atoms with Crippen molar-refractivity contribution in [2.24, 2.45) is 7.05 Å². The second kappa shape index (κ2) is 5.85. The van der Waals surface area contributed by atoms with Gasteiger partial charge in [-0.1, -0.05) is 5.21 Å². The van der Waals surface area contributed by atoms with E-state index in [0.29, 0.717) is 33.9 Å². The van der Waals surface area contributed by atoms with E-state index in [9.17, 15) is 9.90 Å². The van der Waals surface area contributed by atoms with Gasteiger partial charge < -0.3 is 9.84 Å². The molecule has 0 spiro atoms. The molecule has 1 N–H and O–H groups in total. The third-order valence-corrected chi connectivity index (χ3v) is 3.08. The average molecular weight is 328 g/mol. The molecule has 0 aliphatic heterocycles. The van der Waals surface area contributed by atoms with Gasteiger partial charge in [-0.15, -0.1) is 5.10 Å². The topological polar surface area (TPSA) is 103 Å². The van der Waals surface area contributed by atoms with E-state index < -0.39 is 0 Å². The predicted octanol–water partition coefficient (Wildman–Crippen LogP) is 0.200. The molecule has 0 aromatic carbocycles. The van der Waals surface area contributed by atoms with Gasteiger partial charge in [0.25, 0.3) is 6.47 Å². The molecule has 0 radical (unpaired) electrons. The first-order valence-corrected chi connectivity index (χ1v) is 6.03. The minimum Gasteiger partial charge on any atom is -0.461 e. The van der Waals surface area contributed by atoms with Crippen LogP contribution in [0.3, 0.4) is 0 Å². The van der Waals surface area contributed by atoms with E-state index in [4.69, 9.17) is 0 Å². The average Bonchev–Trinajstić information content (AvgIpc) is 2.79. The van der Waals surface area contributed by atoms with Crippen molar-refractivity contribution in [1.82, 2.24) is 25.0 Å². The molecule has 2 rings (SSSR count). The molecule has 0 amide bonds. The zero-order valence-electron chi connectivity index (χ0n) is 9.95. The Labute approximate surface area is 116 Å².